The lowest BCUT2D eigenvalue weighted by Gasteiger charge is -2.33. The van der Waals surface area contributed by atoms with Gasteiger partial charge in [-0.2, -0.15) is 0 Å². The molecule has 1 aromatic rings. The molecule has 0 spiro atoms. The van der Waals surface area contributed by atoms with Crippen LogP contribution in [0.25, 0.3) is 0 Å². The van der Waals surface area contributed by atoms with Gasteiger partial charge in [0.25, 0.3) is 0 Å². The molecule has 5 nitrogen and oxygen atoms in total. The lowest BCUT2D eigenvalue weighted by Crippen LogP contribution is -2.45. The van der Waals surface area contributed by atoms with Crippen LogP contribution in [0, 0.1) is 17.6 Å². The van der Waals surface area contributed by atoms with E-state index in [0.29, 0.717) is 25.9 Å². The fourth-order valence-electron chi connectivity index (χ4n) is 2.49. The van der Waals surface area contributed by atoms with Gasteiger partial charge in [-0.05, 0) is 25.0 Å². The van der Waals surface area contributed by atoms with E-state index in [4.69, 9.17) is 0 Å². The highest BCUT2D eigenvalue weighted by Crippen LogP contribution is 2.21. The molecule has 1 saturated heterocycles. The van der Waals surface area contributed by atoms with Gasteiger partial charge in [-0.25, -0.2) is 13.6 Å². The van der Waals surface area contributed by atoms with Gasteiger partial charge < -0.3 is 15.1 Å². The predicted molar refractivity (Wildman–Crippen MR) is 78.4 cm³/mol. The van der Waals surface area contributed by atoms with Crippen molar-refractivity contribution in [3.8, 4) is 0 Å². The zero-order valence-electron chi connectivity index (χ0n) is 12.6. The van der Waals surface area contributed by atoms with E-state index in [1.54, 1.807) is 19.0 Å². The van der Waals surface area contributed by atoms with E-state index in [0.717, 1.165) is 18.2 Å². The summed E-state index contributed by atoms with van der Waals surface area (Å²) in [4.78, 5) is 27.1. The number of carbonyl (C=O) groups is 2. The molecule has 1 aliphatic rings. The molecule has 1 aliphatic heterocycles. The Morgan fingerprint density at radius 1 is 1.14 bits per heavy atom. The normalized spacial score (nSPS) is 15.5. The largest absolute Gasteiger partial charge is 0.331 e. The minimum absolute atomic E-state index is 0.0777. The summed E-state index contributed by atoms with van der Waals surface area (Å²) < 4.78 is 26.2. The molecule has 1 N–H and O–H groups in total. The standard InChI is InChI=1S/C15H19F2N3O2/c1-19(2)15(22)20-5-3-10(4-6-20)14(21)18-13-8-11(16)7-12(17)9-13/h7-10H,3-6H2,1-2H3,(H,18,21). The lowest BCUT2D eigenvalue weighted by molar-refractivity contribution is -0.121. The van der Waals surface area contributed by atoms with Crippen molar-refractivity contribution in [2.24, 2.45) is 5.92 Å². The van der Waals surface area contributed by atoms with E-state index in [1.807, 2.05) is 0 Å². The maximum Gasteiger partial charge on any atom is 0.319 e. The topological polar surface area (TPSA) is 52.7 Å². The van der Waals surface area contributed by atoms with E-state index in [1.165, 1.54) is 4.90 Å². The zero-order chi connectivity index (χ0) is 16.3. The summed E-state index contributed by atoms with van der Waals surface area (Å²) in [6.07, 6.45) is 1.06. The highest BCUT2D eigenvalue weighted by molar-refractivity contribution is 5.92. The highest BCUT2D eigenvalue weighted by atomic mass is 19.1. The van der Waals surface area contributed by atoms with Crippen LogP contribution in [0.4, 0.5) is 19.3 Å². The van der Waals surface area contributed by atoms with E-state index in [2.05, 4.69) is 5.32 Å². The third-order valence-electron chi connectivity index (χ3n) is 3.65. The van der Waals surface area contributed by atoms with Gasteiger partial charge in [-0.15, -0.1) is 0 Å². The van der Waals surface area contributed by atoms with Crippen molar-refractivity contribution < 1.29 is 18.4 Å². The van der Waals surface area contributed by atoms with E-state index in [9.17, 15) is 18.4 Å². The first-order chi connectivity index (χ1) is 10.4. The number of anilines is 1. The fourth-order valence-corrected chi connectivity index (χ4v) is 2.49. The number of nitrogens with one attached hydrogen (secondary N) is 1. The first-order valence-corrected chi connectivity index (χ1v) is 7.10. The number of hydrogen-bond donors (Lipinski definition) is 1. The van der Waals surface area contributed by atoms with Crippen molar-refractivity contribution in [1.82, 2.24) is 9.80 Å². The lowest BCUT2D eigenvalue weighted by atomic mass is 9.96. The molecule has 120 valence electrons. The van der Waals surface area contributed by atoms with Crippen molar-refractivity contribution in [2.45, 2.75) is 12.8 Å². The molecule has 0 radical (unpaired) electrons. The fraction of sp³-hybridized carbons (Fsp3) is 0.467. The third kappa shape index (κ3) is 3.93. The Hall–Kier alpha value is -2.18. The summed E-state index contributed by atoms with van der Waals surface area (Å²) in [5.41, 5.74) is 0.106. The molecule has 0 bridgehead atoms. The number of benzene rings is 1. The van der Waals surface area contributed by atoms with Gasteiger partial charge in [-0.3, -0.25) is 4.79 Å². The number of rotatable bonds is 2. The van der Waals surface area contributed by atoms with Crippen LogP contribution in [-0.4, -0.2) is 48.9 Å². The molecule has 2 rings (SSSR count). The molecular weight excluding hydrogens is 292 g/mol. The molecule has 0 aliphatic carbocycles. The van der Waals surface area contributed by atoms with Crippen molar-refractivity contribution in [3.63, 3.8) is 0 Å². The summed E-state index contributed by atoms with van der Waals surface area (Å²) in [5.74, 6) is -2.01. The molecule has 1 heterocycles. The maximum atomic E-state index is 13.1. The molecule has 0 saturated carbocycles. The Bertz CT molecular complexity index is 550. The summed E-state index contributed by atoms with van der Waals surface area (Å²) in [5, 5.41) is 2.53. The first kappa shape index (κ1) is 16.2. The highest BCUT2D eigenvalue weighted by Gasteiger charge is 2.28. The van der Waals surface area contributed by atoms with E-state index in [-0.39, 0.29) is 23.5 Å². The van der Waals surface area contributed by atoms with Gasteiger partial charge in [0, 0.05) is 44.9 Å². The van der Waals surface area contributed by atoms with Crippen LogP contribution in [0.3, 0.4) is 0 Å². The molecule has 1 fully saturated rings. The van der Waals surface area contributed by atoms with Crippen LogP contribution < -0.4 is 5.32 Å². The minimum Gasteiger partial charge on any atom is -0.331 e. The number of urea groups is 1. The second-order valence-electron chi connectivity index (χ2n) is 5.59. The number of amides is 3. The molecule has 7 heteroatoms. The van der Waals surface area contributed by atoms with Crippen LogP contribution in [0.2, 0.25) is 0 Å². The molecule has 0 unspecified atom stereocenters. The first-order valence-electron chi connectivity index (χ1n) is 7.10. The Labute approximate surface area is 127 Å². The minimum atomic E-state index is -0.735. The summed E-state index contributed by atoms with van der Waals surface area (Å²) in [7, 11) is 3.36. The van der Waals surface area contributed by atoms with Gasteiger partial charge in [0.2, 0.25) is 5.91 Å². The van der Waals surface area contributed by atoms with E-state index >= 15 is 0 Å². The third-order valence-corrected chi connectivity index (χ3v) is 3.65. The van der Waals surface area contributed by atoms with Crippen LogP contribution in [-0.2, 0) is 4.79 Å². The summed E-state index contributed by atoms with van der Waals surface area (Å²) in [6, 6.07) is 2.82. The monoisotopic (exact) mass is 311 g/mol. The van der Waals surface area contributed by atoms with E-state index < -0.39 is 11.6 Å². The number of halogens is 2. The Kier molecular flexibility index (Phi) is 4.95. The molecule has 0 aromatic heterocycles. The van der Waals surface area contributed by atoms with Crippen molar-refractivity contribution >= 4 is 17.6 Å². The summed E-state index contributed by atoms with van der Waals surface area (Å²) in [6.45, 7) is 0.985. The van der Waals surface area contributed by atoms with Crippen molar-refractivity contribution in [3.05, 3.63) is 29.8 Å². The maximum absolute atomic E-state index is 13.1. The van der Waals surface area contributed by atoms with Gasteiger partial charge in [0.1, 0.15) is 11.6 Å². The zero-order valence-corrected chi connectivity index (χ0v) is 12.6. The molecule has 1 aromatic carbocycles. The second-order valence-corrected chi connectivity index (χ2v) is 5.59. The average molecular weight is 311 g/mol. The SMILES string of the molecule is CN(C)C(=O)N1CCC(C(=O)Nc2cc(F)cc(F)c2)CC1. The second kappa shape index (κ2) is 6.72. The van der Waals surface area contributed by atoms with Gasteiger partial charge in [-0.1, -0.05) is 0 Å². The van der Waals surface area contributed by atoms with Crippen LogP contribution in [0.1, 0.15) is 12.8 Å². The molecule has 22 heavy (non-hydrogen) atoms. The van der Waals surface area contributed by atoms with Gasteiger partial charge >= 0.3 is 6.03 Å². The van der Waals surface area contributed by atoms with Crippen molar-refractivity contribution in [2.75, 3.05) is 32.5 Å². The quantitative estimate of drug-likeness (QED) is 0.911. The number of piperidine rings is 1. The number of carbonyl (C=O) groups excluding carboxylic acids is 2. The molecular formula is C15H19F2N3O2. The Morgan fingerprint density at radius 2 is 1.68 bits per heavy atom. The molecule has 3 amide bonds. The predicted octanol–water partition coefficient (Wildman–Crippen LogP) is 2.30. The number of hydrogen-bond acceptors (Lipinski definition) is 2. The van der Waals surface area contributed by atoms with Crippen molar-refractivity contribution in [1.29, 1.82) is 0 Å². The van der Waals surface area contributed by atoms with Crippen LogP contribution in [0.15, 0.2) is 18.2 Å². The number of likely N-dealkylation sites (tertiary alicyclic amines) is 1. The number of nitrogens with zero attached hydrogens (tertiary/aromatic N) is 2. The average Bonchev–Trinajstić information content (AvgIpc) is 2.45. The Morgan fingerprint density at radius 3 is 2.18 bits per heavy atom. The van der Waals surface area contributed by atoms with Crippen LogP contribution in [0.5, 0.6) is 0 Å². The molecule has 0 atom stereocenters. The van der Waals surface area contributed by atoms with Gasteiger partial charge in [0.15, 0.2) is 0 Å². The van der Waals surface area contributed by atoms with Gasteiger partial charge in [0.05, 0.1) is 0 Å². The smallest absolute Gasteiger partial charge is 0.319 e. The summed E-state index contributed by atoms with van der Waals surface area (Å²) >= 11 is 0. The van der Waals surface area contributed by atoms with Crippen LogP contribution >= 0.6 is 0 Å². The Balaban J connectivity index is 1.91.